The smallest absolute Gasteiger partial charge is 0.267 e. The normalized spacial score (nSPS) is 16.5. The van der Waals surface area contributed by atoms with Gasteiger partial charge in [-0.2, -0.15) is 0 Å². The molecule has 0 saturated heterocycles. The Morgan fingerprint density at radius 2 is 1.95 bits per heavy atom. The fraction of sp³-hybridized carbons (Fsp3) is 0.133. The maximum absolute atomic E-state index is 12.1. The van der Waals surface area contributed by atoms with Crippen LogP contribution in [0, 0.1) is 0 Å². The number of aromatic hydroxyl groups is 1. The van der Waals surface area contributed by atoms with Crippen molar-refractivity contribution >= 4 is 17.3 Å². The average Bonchev–Trinajstić information content (AvgIpc) is 2.49. The quantitative estimate of drug-likeness (QED) is 0.732. The van der Waals surface area contributed by atoms with Gasteiger partial charge in [0.15, 0.2) is 6.10 Å². The highest BCUT2D eigenvalue weighted by atomic mass is 16.5. The zero-order valence-corrected chi connectivity index (χ0v) is 10.7. The minimum absolute atomic E-state index is 0.160. The van der Waals surface area contributed by atoms with Gasteiger partial charge in [0, 0.05) is 5.69 Å². The molecule has 0 aliphatic carbocycles. The first-order valence-corrected chi connectivity index (χ1v) is 6.32. The van der Waals surface area contributed by atoms with Crippen molar-refractivity contribution in [1.82, 2.24) is 0 Å². The molecule has 20 heavy (non-hydrogen) atoms. The van der Waals surface area contributed by atoms with Crippen molar-refractivity contribution in [2.45, 2.75) is 6.10 Å². The van der Waals surface area contributed by atoms with Crippen molar-refractivity contribution in [3.63, 3.8) is 0 Å². The van der Waals surface area contributed by atoms with Gasteiger partial charge in [-0.05, 0) is 36.4 Å². The van der Waals surface area contributed by atoms with Crippen molar-refractivity contribution in [2.24, 2.45) is 0 Å². The lowest BCUT2D eigenvalue weighted by Crippen LogP contribution is -2.41. The first-order chi connectivity index (χ1) is 9.72. The van der Waals surface area contributed by atoms with Gasteiger partial charge in [-0.3, -0.25) is 4.79 Å². The van der Waals surface area contributed by atoms with Gasteiger partial charge in [-0.1, -0.05) is 12.1 Å². The SMILES string of the molecule is O=C(Nc1ccc(O)cc1)C1CNc2ccccc2O1. The molecule has 102 valence electrons. The van der Waals surface area contributed by atoms with E-state index in [-0.39, 0.29) is 11.7 Å². The van der Waals surface area contributed by atoms with Crippen LogP contribution in [0.2, 0.25) is 0 Å². The Bertz CT molecular complexity index is 625. The number of phenolic OH excluding ortho intramolecular Hbond substituents is 1. The first-order valence-electron chi connectivity index (χ1n) is 6.32. The monoisotopic (exact) mass is 270 g/mol. The molecule has 1 unspecified atom stereocenters. The summed E-state index contributed by atoms with van der Waals surface area (Å²) in [6.45, 7) is 0.418. The topological polar surface area (TPSA) is 70.6 Å². The Morgan fingerprint density at radius 1 is 1.20 bits per heavy atom. The van der Waals surface area contributed by atoms with Crippen LogP contribution in [0.15, 0.2) is 48.5 Å². The standard InChI is InChI=1S/C15H14N2O3/c18-11-7-5-10(6-8-11)17-15(19)14-9-16-12-3-1-2-4-13(12)20-14/h1-8,14,16,18H,9H2,(H,17,19). The second-order valence-corrected chi connectivity index (χ2v) is 4.52. The van der Waals surface area contributed by atoms with Crippen molar-refractivity contribution in [3.8, 4) is 11.5 Å². The molecule has 0 aromatic heterocycles. The van der Waals surface area contributed by atoms with Crippen LogP contribution < -0.4 is 15.4 Å². The average molecular weight is 270 g/mol. The minimum Gasteiger partial charge on any atom is -0.508 e. The predicted molar refractivity (Wildman–Crippen MR) is 76.1 cm³/mol. The van der Waals surface area contributed by atoms with Crippen LogP contribution in [-0.4, -0.2) is 23.7 Å². The van der Waals surface area contributed by atoms with E-state index in [2.05, 4.69) is 10.6 Å². The Hall–Kier alpha value is -2.69. The second kappa shape index (κ2) is 5.13. The number of carbonyl (C=O) groups excluding carboxylic acids is 1. The first kappa shape index (κ1) is 12.3. The highest BCUT2D eigenvalue weighted by Gasteiger charge is 2.25. The summed E-state index contributed by atoms with van der Waals surface area (Å²) in [7, 11) is 0. The van der Waals surface area contributed by atoms with Crippen molar-refractivity contribution in [3.05, 3.63) is 48.5 Å². The number of benzene rings is 2. The summed E-state index contributed by atoms with van der Waals surface area (Å²) >= 11 is 0. The van der Waals surface area contributed by atoms with Gasteiger partial charge in [0.25, 0.3) is 5.91 Å². The summed E-state index contributed by atoms with van der Waals surface area (Å²) in [6.07, 6.45) is -0.585. The molecule has 1 aliphatic heterocycles. The molecular weight excluding hydrogens is 256 g/mol. The van der Waals surface area contributed by atoms with Crippen LogP contribution in [0.4, 0.5) is 11.4 Å². The summed E-state index contributed by atoms with van der Waals surface area (Å²) in [5.41, 5.74) is 1.51. The number of nitrogens with one attached hydrogen (secondary N) is 2. The summed E-state index contributed by atoms with van der Waals surface area (Å²) in [5.74, 6) is 0.606. The largest absolute Gasteiger partial charge is 0.508 e. The van der Waals surface area contributed by atoms with Gasteiger partial charge < -0.3 is 20.5 Å². The van der Waals surface area contributed by atoms with E-state index in [0.717, 1.165) is 5.69 Å². The van der Waals surface area contributed by atoms with Crippen molar-refractivity contribution in [1.29, 1.82) is 0 Å². The lowest BCUT2D eigenvalue weighted by Gasteiger charge is -2.26. The van der Waals surface area contributed by atoms with Crippen LogP contribution in [0.5, 0.6) is 11.5 Å². The number of amides is 1. The Kier molecular flexibility index (Phi) is 3.16. The molecular formula is C15H14N2O3. The number of rotatable bonds is 2. The van der Waals surface area contributed by atoms with Crippen LogP contribution in [0.1, 0.15) is 0 Å². The van der Waals surface area contributed by atoms with Gasteiger partial charge in [0.1, 0.15) is 11.5 Å². The third kappa shape index (κ3) is 2.51. The molecule has 5 heteroatoms. The molecule has 0 radical (unpaired) electrons. The number of carbonyl (C=O) groups is 1. The van der Waals surface area contributed by atoms with E-state index in [4.69, 9.17) is 4.74 Å². The molecule has 5 nitrogen and oxygen atoms in total. The van der Waals surface area contributed by atoms with E-state index in [1.165, 1.54) is 12.1 Å². The number of anilines is 2. The molecule has 1 amide bonds. The predicted octanol–water partition coefficient (Wildman–Crippen LogP) is 2.20. The van der Waals surface area contributed by atoms with E-state index in [0.29, 0.717) is 18.0 Å². The fourth-order valence-corrected chi connectivity index (χ4v) is 2.03. The molecule has 2 aromatic rings. The zero-order valence-electron chi connectivity index (χ0n) is 10.7. The molecule has 1 atom stereocenters. The maximum atomic E-state index is 12.1. The second-order valence-electron chi connectivity index (χ2n) is 4.52. The Balaban J connectivity index is 1.68. The third-order valence-electron chi connectivity index (χ3n) is 3.06. The summed E-state index contributed by atoms with van der Waals surface area (Å²) in [5, 5.41) is 15.1. The summed E-state index contributed by atoms with van der Waals surface area (Å²) < 4.78 is 5.67. The van der Waals surface area contributed by atoms with Gasteiger partial charge in [0.2, 0.25) is 0 Å². The molecule has 2 aromatic carbocycles. The lowest BCUT2D eigenvalue weighted by atomic mass is 10.2. The third-order valence-corrected chi connectivity index (χ3v) is 3.06. The molecule has 0 spiro atoms. The van der Waals surface area contributed by atoms with Crippen molar-refractivity contribution < 1.29 is 14.6 Å². The lowest BCUT2D eigenvalue weighted by molar-refractivity contribution is -0.122. The maximum Gasteiger partial charge on any atom is 0.267 e. The van der Waals surface area contributed by atoms with E-state index in [1.807, 2.05) is 24.3 Å². The number of hydrogen-bond donors (Lipinski definition) is 3. The molecule has 3 N–H and O–H groups in total. The highest BCUT2D eigenvalue weighted by Crippen LogP contribution is 2.28. The highest BCUT2D eigenvalue weighted by molar-refractivity contribution is 5.95. The number of para-hydroxylation sites is 2. The molecule has 0 bridgehead atoms. The van der Waals surface area contributed by atoms with Crippen LogP contribution in [0.3, 0.4) is 0 Å². The van der Waals surface area contributed by atoms with Gasteiger partial charge in [-0.25, -0.2) is 0 Å². The van der Waals surface area contributed by atoms with Gasteiger partial charge in [0.05, 0.1) is 12.2 Å². The molecule has 3 rings (SSSR count). The summed E-state index contributed by atoms with van der Waals surface area (Å²) in [6, 6.07) is 13.8. The van der Waals surface area contributed by atoms with Crippen LogP contribution in [0.25, 0.3) is 0 Å². The van der Waals surface area contributed by atoms with Crippen LogP contribution in [-0.2, 0) is 4.79 Å². The van der Waals surface area contributed by atoms with E-state index in [9.17, 15) is 9.90 Å². The number of fused-ring (bicyclic) bond motifs is 1. The molecule has 1 heterocycles. The number of phenols is 1. The van der Waals surface area contributed by atoms with E-state index < -0.39 is 6.10 Å². The number of hydrogen-bond acceptors (Lipinski definition) is 4. The fourth-order valence-electron chi connectivity index (χ4n) is 2.03. The zero-order chi connectivity index (χ0) is 13.9. The molecule has 0 saturated carbocycles. The van der Waals surface area contributed by atoms with Gasteiger partial charge >= 0.3 is 0 Å². The molecule has 1 aliphatic rings. The van der Waals surface area contributed by atoms with Crippen molar-refractivity contribution in [2.75, 3.05) is 17.2 Å². The molecule has 0 fully saturated rings. The van der Waals surface area contributed by atoms with E-state index >= 15 is 0 Å². The van der Waals surface area contributed by atoms with E-state index in [1.54, 1.807) is 12.1 Å². The number of ether oxygens (including phenoxy) is 1. The minimum atomic E-state index is -0.585. The summed E-state index contributed by atoms with van der Waals surface area (Å²) in [4.78, 5) is 12.1. The van der Waals surface area contributed by atoms with Gasteiger partial charge in [-0.15, -0.1) is 0 Å². The Morgan fingerprint density at radius 3 is 2.75 bits per heavy atom. The Labute approximate surface area is 116 Å². The van der Waals surface area contributed by atoms with Crippen LogP contribution >= 0.6 is 0 Å².